The first kappa shape index (κ1) is 33.0. The fourth-order valence-electron chi connectivity index (χ4n) is 7.88. The van der Waals surface area contributed by atoms with Crippen molar-refractivity contribution in [1.82, 2.24) is 20.1 Å². The topological polar surface area (TPSA) is 135 Å². The Morgan fingerprint density at radius 1 is 0.939 bits per heavy atom. The van der Waals surface area contributed by atoms with Crippen molar-refractivity contribution in [2.24, 2.45) is 5.92 Å². The van der Waals surface area contributed by atoms with Crippen LogP contribution in [0.2, 0.25) is 0 Å². The predicted octanol–water partition coefficient (Wildman–Crippen LogP) is 3.91. The zero-order valence-electron chi connectivity index (χ0n) is 27.6. The lowest BCUT2D eigenvalue weighted by molar-refractivity contribution is -0.167. The number of aromatic hydroxyl groups is 1. The van der Waals surface area contributed by atoms with Crippen LogP contribution in [0, 0.1) is 5.92 Å². The molecule has 0 spiro atoms. The molecule has 0 aliphatic carbocycles. The first-order chi connectivity index (χ1) is 23.8. The van der Waals surface area contributed by atoms with E-state index in [9.17, 15) is 24.6 Å². The summed E-state index contributed by atoms with van der Waals surface area (Å²) in [5.74, 6) is 0.207. The van der Waals surface area contributed by atoms with E-state index < -0.39 is 11.5 Å². The number of aromatic nitrogens is 1. The molecule has 4 aliphatic rings. The number of nitrogens with zero attached hydrogens (tertiary/aromatic N) is 2. The molecule has 0 unspecified atom stereocenters. The summed E-state index contributed by atoms with van der Waals surface area (Å²) in [6.45, 7) is 4.86. The van der Waals surface area contributed by atoms with Crippen molar-refractivity contribution in [3.05, 3.63) is 111 Å². The number of nitrogens with one attached hydrogen (secondary N) is 2. The number of aliphatic hydroxyl groups excluding tert-OH is 1. The van der Waals surface area contributed by atoms with Crippen molar-refractivity contribution in [2.75, 3.05) is 45.8 Å². The molecule has 2 bridgehead atoms. The van der Waals surface area contributed by atoms with Crippen LogP contribution >= 0.6 is 0 Å². The number of H-pyrrole nitrogens is 1. The number of aliphatic hydroxyl groups is 1. The number of hydrogen-bond acceptors (Lipinski definition) is 8. The average Bonchev–Trinajstić information content (AvgIpc) is 3.14. The second-order valence-corrected chi connectivity index (χ2v) is 13.8. The second kappa shape index (κ2) is 14.2. The van der Waals surface area contributed by atoms with Crippen molar-refractivity contribution in [3.63, 3.8) is 0 Å². The van der Waals surface area contributed by atoms with E-state index in [1.54, 1.807) is 12.1 Å². The number of carbonyl (C=O) groups is 2. The molecule has 4 N–H and O–H groups in total. The van der Waals surface area contributed by atoms with Crippen molar-refractivity contribution in [3.8, 4) is 5.75 Å². The maximum atomic E-state index is 14.0. The molecule has 4 aromatic rings. The molecule has 0 saturated carbocycles. The number of amides is 1. The van der Waals surface area contributed by atoms with Crippen LogP contribution < -0.4 is 10.9 Å². The predicted molar refractivity (Wildman–Crippen MR) is 187 cm³/mol. The van der Waals surface area contributed by atoms with Gasteiger partial charge in [0, 0.05) is 43.2 Å². The Morgan fingerprint density at radius 2 is 1.67 bits per heavy atom. The van der Waals surface area contributed by atoms with Gasteiger partial charge in [0.25, 0.3) is 5.91 Å². The van der Waals surface area contributed by atoms with Gasteiger partial charge in [-0.2, -0.15) is 0 Å². The quantitative estimate of drug-likeness (QED) is 0.148. The van der Waals surface area contributed by atoms with E-state index in [1.165, 1.54) is 12.1 Å². The van der Waals surface area contributed by atoms with Crippen LogP contribution in [-0.2, 0) is 21.4 Å². The summed E-state index contributed by atoms with van der Waals surface area (Å²) >= 11 is 0. The van der Waals surface area contributed by atoms with E-state index in [0.29, 0.717) is 73.4 Å². The van der Waals surface area contributed by atoms with Gasteiger partial charge in [-0.05, 0) is 98.6 Å². The molecule has 4 aliphatic heterocycles. The fraction of sp³-hybridized carbons (Fsp3) is 0.410. The van der Waals surface area contributed by atoms with Gasteiger partial charge in [-0.3, -0.25) is 19.3 Å². The van der Waals surface area contributed by atoms with Crippen LogP contribution in [0.3, 0.4) is 0 Å². The molecule has 10 heteroatoms. The van der Waals surface area contributed by atoms with Gasteiger partial charge < -0.3 is 30.2 Å². The van der Waals surface area contributed by atoms with Gasteiger partial charge in [-0.15, -0.1) is 0 Å². The maximum absolute atomic E-state index is 14.0. The summed E-state index contributed by atoms with van der Waals surface area (Å²) in [4.78, 5) is 46.1. The number of likely N-dealkylation sites (tertiary alicyclic amines) is 1. The maximum Gasteiger partial charge on any atom is 0.317 e. The lowest BCUT2D eigenvalue weighted by Gasteiger charge is -2.46. The third-order valence-electron chi connectivity index (χ3n) is 10.9. The number of carbonyl (C=O) groups excluding carboxylic acids is 2. The van der Waals surface area contributed by atoms with E-state index in [1.807, 2.05) is 59.5 Å². The molecule has 5 heterocycles. The van der Waals surface area contributed by atoms with Gasteiger partial charge in [0.15, 0.2) is 0 Å². The number of pyridine rings is 1. The van der Waals surface area contributed by atoms with Gasteiger partial charge >= 0.3 is 5.97 Å². The van der Waals surface area contributed by atoms with Crippen LogP contribution in [0.15, 0.2) is 83.7 Å². The lowest BCUT2D eigenvalue weighted by Crippen LogP contribution is -2.55. The monoisotopic (exact) mass is 664 g/mol. The summed E-state index contributed by atoms with van der Waals surface area (Å²) in [5, 5.41) is 24.8. The van der Waals surface area contributed by atoms with Crippen LogP contribution in [0.5, 0.6) is 5.75 Å². The Morgan fingerprint density at radius 3 is 2.37 bits per heavy atom. The third kappa shape index (κ3) is 6.86. The number of aromatic amines is 1. The molecule has 256 valence electrons. The zero-order chi connectivity index (χ0) is 34.0. The van der Waals surface area contributed by atoms with E-state index >= 15 is 0 Å². The van der Waals surface area contributed by atoms with E-state index in [0.717, 1.165) is 43.6 Å². The molecule has 1 amide bonds. The highest BCUT2D eigenvalue weighted by Crippen LogP contribution is 2.39. The summed E-state index contributed by atoms with van der Waals surface area (Å²) < 4.78 is 6.29. The minimum Gasteiger partial charge on any atom is -0.506 e. The van der Waals surface area contributed by atoms with Gasteiger partial charge in [-0.1, -0.05) is 48.5 Å². The van der Waals surface area contributed by atoms with Gasteiger partial charge in [0.2, 0.25) is 5.56 Å². The number of benzene rings is 3. The first-order valence-electron chi connectivity index (χ1n) is 17.4. The number of hydrogen-bond donors (Lipinski definition) is 4. The van der Waals surface area contributed by atoms with Crippen molar-refractivity contribution in [2.45, 2.75) is 49.7 Å². The van der Waals surface area contributed by atoms with E-state index in [-0.39, 0.29) is 29.3 Å². The van der Waals surface area contributed by atoms with Crippen LogP contribution in [0.25, 0.3) is 10.9 Å². The fourth-order valence-corrected chi connectivity index (χ4v) is 7.88. The van der Waals surface area contributed by atoms with Gasteiger partial charge in [0.1, 0.15) is 11.9 Å². The van der Waals surface area contributed by atoms with Gasteiger partial charge in [0.05, 0.1) is 17.0 Å². The summed E-state index contributed by atoms with van der Waals surface area (Å²) in [6.07, 6.45) is 3.03. The molecular weight excluding hydrogens is 620 g/mol. The SMILES string of the molecule is O=C(c1ccc(CCNC[C@H](O)c2ccc(O)c3[nH]c(=O)ccc23)cc1)N1CCC(C(=O)O[C@H]2CN3CCC2CC3)(c2ccccc2)CC1. The number of fused-ring (bicyclic) bond motifs is 4. The molecule has 1 aromatic heterocycles. The third-order valence-corrected chi connectivity index (χ3v) is 10.9. The molecule has 10 nitrogen and oxygen atoms in total. The number of ether oxygens (including phenoxy) is 1. The zero-order valence-corrected chi connectivity index (χ0v) is 27.6. The minimum atomic E-state index is -0.832. The average molecular weight is 665 g/mol. The number of rotatable bonds is 10. The number of phenols is 1. The van der Waals surface area contributed by atoms with Crippen LogP contribution in [0.1, 0.15) is 58.8 Å². The molecule has 4 saturated heterocycles. The Balaban J connectivity index is 0.928. The van der Waals surface area contributed by atoms with Crippen molar-refractivity contribution < 1.29 is 24.5 Å². The molecule has 0 radical (unpaired) electrons. The molecule has 3 aromatic carbocycles. The van der Waals surface area contributed by atoms with E-state index in [2.05, 4.69) is 15.2 Å². The van der Waals surface area contributed by atoms with Crippen molar-refractivity contribution in [1.29, 1.82) is 0 Å². The van der Waals surface area contributed by atoms with Crippen LogP contribution in [0.4, 0.5) is 0 Å². The smallest absolute Gasteiger partial charge is 0.317 e. The largest absolute Gasteiger partial charge is 0.506 e. The summed E-state index contributed by atoms with van der Waals surface area (Å²) in [7, 11) is 0. The highest BCUT2D eigenvalue weighted by atomic mass is 16.5. The lowest BCUT2D eigenvalue weighted by atomic mass is 9.72. The molecule has 8 rings (SSSR count). The Hall–Kier alpha value is -4.51. The molecule has 4 fully saturated rings. The molecular formula is C39H44N4O6. The van der Waals surface area contributed by atoms with Gasteiger partial charge in [-0.25, -0.2) is 0 Å². The molecule has 2 atom stereocenters. The normalized spacial score (nSPS) is 22.1. The van der Waals surface area contributed by atoms with Crippen molar-refractivity contribution >= 4 is 22.8 Å². The Bertz CT molecular complexity index is 1840. The summed E-state index contributed by atoms with van der Waals surface area (Å²) in [5.41, 5.74) is 2.48. The standard InChI is InChI=1S/C39H44N4O6/c44-32-12-10-30(31-11-13-35(46)41-36(31)32)33(45)24-40-19-14-26-6-8-28(9-7-26)37(47)43-22-17-39(18-23-43,29-4-2-1-3-5-29)38(48)49-34-25-42-20-15-27(34)16-21-42/h1-13,27,33-34,40,44-45H,14-25H2,(H,41,46)/t33-,34-/m0/s1. The molecule has 49 heavy (non-hydrogen) atoms. The highest BCUT2D eigenvalue weighted by molar-refractivity contribution is 5.94. The highest BCUT2D eigenvalue weighted by Gasteiger charge is 2.47. The second-order valence-electron chi connectivity index (χ2n) is 13.8. The number of esters is 1. The Kier molecular flexibility index (Phi) is 9.53. The number of phenolic OH excluding ortho intramolecular Hbond substituents is 1. The number of piperidine rings is 4. The van der Waals surface area contributed by atoms with E-state index in [4.69, 9.17) is 4.74 Å². The Labute approximate surface area is 285 Å². The first-order valence-corrected chi connectivity index (χ1v) is 17.4. The van der Waals surface area contributed by atoms with Crippen LogP contribution in [-0.4, -0.2) is 88.8 Å². The minimum absolute atomic E-state index is 0.0392. The summed E-state index contributed by atoms with van der Waals surface area (Å²) in [6, 6.07) is 23.7.